The Labute approximate surface area is 174 Å². The van der Waals surface area contributed by atoms with Crippen molar-refractivity contribution in [1.82, 2.24) is 14.9 Å². The van der Waals surface area contributed by atoms with Crippen molar-refractivity contribution in [1.29, 1.82) is 0 Å². The van der Waals surface area contributed by atoms with Crippen LogP contribution in [0.15, 0.2) is 59.8 Å². The Bertz CT molecular complexity index is 1050. The molecule has 2 atom stereocenters. The molecule has 3 aromatic rings. The summed E-state index contributed by atoms with van der Waals surface area (Å²) in [6.07, 6.45) is -3.83. The third kappa shape index (κ3) is 4.00. The van der Waals surface area contributed by atoms with E-state index in [0.717, 1.165) is 23.5 Å². The van der Waals surface area contributed by atoms with E-state index in [4.69, 9.17) is 0 Å². The van der Waals surface area contributed by atoms with Crippen molar-refractivity contribution >= 4 is 23.4 Å². The third-order valence-electron chi connectivity index (χ3n) is 4.69. The fourth-order valence-electron chi connectivity index (χ4n) is 3.22. The molecule has 6 nitrogen and oxygen atoms in total. The summed E-state index contributed by atoms with van der Waals surface area (Å²) in [5.41, 5.74) is 3.43. The van der Waals surface area contributed by atoms with Gasteiger partial charge in [0, 0.05) is 12.1 Å². The van der Waals surface area contributed by atoms with Crippen molar-refractivity contribution in [3.8, 4) is 0 Å². The van der Waals surface area contributed by atoms with Crippen molar-refractivity contribution in [2.45, 2.75) is 36.0 Å². The number of amides is 1. The lowest BCUT2D eigenvalue weighted by molar-refractivity contribution is -0.137. The van der Waals surface area contributed by atoms with Crippen LogP contribution in [0.5, 0.6) is 0 Å². The first-order valence-corrected chi connectivity index (χ1v) is 10.2. The molecule has 2 heterocycles. The zero-order valence-electron chi connectivity index (χ0n) is 15.8. The summed E-state index contributed by atoms with van der Waals surface area (Å²) < 4.78 is 40.8. The first-order chi connectivity index (χ1) is 14.4. The van der Waals surface area contributed by atoms with Gasteiger partial charge in [-0.1, -0.05) is 55.1 Å². The van der Waals surface area contributed by atoms with Crippen LogP contribution in [0.3, 0.4) is 0 Å². The molecule has 0 saturated carbocycles. The highest BCUT2D eigenvalue weighted by molar-refractivity contribution is 8.00. The van der Waals surface area contributed by atoms with Gasteiger partial charge in [-0.15, -0.1) is 10.2 Å². The summed E-state index contributed by atoms with van der Waals surface area (Å²) in [6.45, 7) is 1.95. The van der Waals surface area contributed by atoms with Crippen molar-refractivity contribution in [3.05, 3.63) is 71.5 Å². The number of nitrogens with zero attached hydrogens (tertiary/aromatic N) is 3. The topological polar surface area (TPSA) is 71.8 Å². The number of hydrogen-bond acceptors (Lipinski definition) is 5. The number of nitrogens with one attached hydrogen (secondary N) is 2. The lowest BCUT2D eigenvalue weighted by Crippen LogP contribution is -2.41. The maximum atomic E-state index is 13.1. The molecule has 0 radical (unpaired) electrons. The van der Waals surface area contributed by atoms with E-state index in [9.17, 15) is 18.0 Å². The minimum Gasteiger partial charge on any atom is -0.325 e. The molecule has 156 valence electrons. The van der Waals surface area contributed by atoms with E-state index in [2.05, 4.69) is 20.9 Å². The summed E-state index contributed by atoms with van der Waals surface area (Å²) in [5.74, 6) is 0.308. The number of alkyl halides is 3. The molecule has 0 fully saturated rings. The first-order valence-electron chi connectivity index (χ1n) is 9.27. The molecule has 2 aromatic carbocycles. The number of carbonyl (C=O) groups excluding carboxylic acids is 1. The Balaban J connectivity index is 1.64. The molecule has 1 amide bonds. The highest BCUT2D eigenvalue weighted by atomic mass is 32.2. The fraction of sp³-hybridized carbons (Fsp3) is 0.250. The van der Waals surface area contributed by atoms with Crippen LogP contribution in [0.25, 0.3) is 0 Å². The van der Waals surface area contributed by atoms with Crippen LogP contribution in [0.4, 0.5) is 18.9 Å². The molecule has 2 N–H and O–H groups in total. The van der Waals surface area contributed by atoms with Gasteiger partial charge in [-0.05, 0) is 23.8 Å². The summed E-state index contributed by atoms with van der Waals surface area (Å²) in [4.78, 5) is 13.1. The molecule has 1 aliphatic heterocycles. The summed E-state index contributed by atoms with van der Waals surface area (Å²) in [6, 6.07) is 13.6. The van der Waals surface area contributed by atoms with Crippen LogP contribution in [0.1, 0.15) is 29.9 Å². The largest absolute Gasteiger partial charge is 0.416 e. The van der Waals surface area contributed by atoms with Crippen LogP contribution < -0.4 is 10.7 Å². The van der Waals surface area contributed by atoms with Gasteiger partial charge in [-0.3, -0.25) is 4.79 Å². The van der Waals surface area contributed by atoms with Gasteiger partial charge >= 0.3 is 6.18 Å². The average molecular weight is 433 g/mol. The molecule has 0 spiro atoms. The molecule has 4 rings (SSSR count). The second kappa shape index (κ2) is 8.02. The molecule has 0 saturated heterocycles. The van der Waals surface area contributed by atoms with E-state index in [1.54, 1.807) is 4.68 Å². The monoisotopic (exact) mass is 433 g/mol. The Morgan fingerprint density at radius 1 is 1.17 bits per heavy atom. The third-order valence-corrected chi connectivity index (χ3v) is 5.91. The van der Waals surface area contributed by atoms with Gasteiger partial charge < -0.3 is 10.7 Å². The number of aryl methyl sites for hydroxylation is 1. The molecule has 1 aliphatic rings. The summed E-state index contributed by atoms with van der Waals surface area (Å²) in [7, 11) is 0. The number of anilines is 1. The lowest BCUT2D eigenvalue weighted by Gasteiger charge is -2.33. The second-order valence-electron chi connectivity index (χ2n) is 6.71. The number of aromatic nitrogens is 3. The van der Waals surface area contributed by atoms with Crippen molar-refractivity contribution < 1.29 is 18.0 Å². The smallest absolute Gasteiger partial charge is 0.325 e. The predicted molar refractivity (Wildman–Crippen MR) is 108 cm³/mol. The number of benzene rings is 2. The SMILES string of the molecule is CCc1nnc2n1N[C@@H](c1ccccc1)[C@@H](C(=O)Nc1cccc(C(F)(F)F)c1)S2. The minimum atomic E-state index is -4.48. The van der Waals surface area contributed by atoms with Gasteiger partial charge in [-0.25, -0.2) is 4.68 Å². The molecular formula is C20H18F3N5OS. The molecule has 0 bridgehead atoms. The second-order valence-corrected chi connectivity index (χ2v) is 7.82. The van der Waals surface area contributed by atoms with Gasteiger partial charge in [0.05, 0.1) is 11.6 Å². The Kier molecular flexibility index (Phi) is 5.42. The zero-order valence-corrected chi connectivity index (χ0v) is 16.7. The van der Waals surface area contributed by atoms with E-state index in [1.807, 2.05) is 37.3 Å². The van der Waals surface area contributed by atoms with E-state index >= 15 is 0 Å². The molecular weight excluding hydrogens is 415 g/mol. The Morgan fingerprint density at radius 2 is 1.93 bits per heavy atom. The minimum absolute atomic E-state index is 0.0866. The number of carbonyl (C=O) groups is 1. The van der Waals surface area contributed by atoms with E-state index in [1.165, 1.54) is 23.9 Å². The quantitative estimate of drug-likeness (QED) is 0.644. The first kappa shape index (κ1) is 20.3. The Morgan fingerprint density at radius 3 is 2.63 bits per heavy atom. The van der Waals surface area contributed by atoms with Gasteiger partial charge in [-0.2, -0.15) is 13.2 Å². The maximum Gasteiger partial charge on any atom is 0.416 e. The maximum absolute atomic E-state index is 13.1. The van der Waals surface area contributed by atoms with Crippen LogP contribution in [-0.4, -0.2) is 26.0 Å². The van der Waals surface area contributed by atoms with Crippen molar-refractivity contribution in [2.24, 2.45) is 0 Å². The number of hydrogen-bond donors (Lipinski definition) is 2. The van der Waals surface area contributed by atoms with Crippen LogP contribution in [0.2, 0.25) is 0 Å². The molecule has 1 aromatic heterocycles. The summed E-state index contributed by atoms with van der Waals surface area (Å²) >= 11 is 1.23. The van der Waals surface area contributed by atoms with Gasteiger partial charge in [0.2, 0.25) is 11.1 Å². The molecule has 0 aliphatic carbocycles. The lowest BCUT2D eigenvalue weighted by atomic mass is 10.0. The van der Waals surface area contributed by atoms with Crippen molar-refractivity contribution in [2.75, 3.05) is 10.7 Å². The standard InChI is InChI=1S/C20H18F3N5OS/c1-2-15-25-26-19-28(15)27-16(12-7-4-3-5-8-12)17(30-19)18(29)24-14-10-6-9-13(11-14)20(21,22)23/h3-11,16-17,27H,2H2,1H3,(H,24,29)/t16-,17-/m0/s1. The van der Waals surface area contributed by atoms with Gasteiger partial charge in [0.25, 0.3) is 0 Å². The van der Waals surface area contributed by atoms with Crippen molar-refractivity contribution in [3.63, 3.8) is 0 Å². The highest BCUT2D eigenvalue weighted by Gasteiger charge is 2.38. The van der Waals surface area contributed by atoms with Gasteiger partial charge in [0.15, 0.2) is 5.82 Å². The van der Waals surface area contributed by atoms with Crippen LogP contribution in [-0.2, 0) is 17.4 Å². The van der Waals surface area contributed by atoms with E-state index < -0.39 is 28.9 Å². The zero-order chi connectivity index (χ0) is 21.3. The number of fused-ring (bicyclic) bond motifs is 1. The number of rotatable bonds is 4. The highest BCUT2D eigenvalue weighted by Crippen LogP contribution is 2.38. The van der Waals surface area contributed by atoms with E-state index in [-0.39, 0.29) is 5.69 Å². The normalized spacial score (nSPS) is 18.4. The van der Waals surface area contributed by atoms with Crippen LogP contribution >= 0.6 is 11.8 Å². The number of thioether (sulfide) groups is 1. The summed E-state index contributed by atoms with van der Waals surface area (Å²) in [5, 5.41) is 10.7. The Hall–Kier alpha value is -3.01. The predicted octanol–water partition coefficient (Wildman–Crippen LogP) is 4.26. The molecule has 10 heteroatoms. The average Bonchev–Trinajstić information content (AvgIpc) is 3.15. The van der Waals surface area contributed by atoms with Gasteiger partial charge in [0.1, 0.15) is 5.25 Å². The van der Waals surface area contributed by atoms with E-state index in [0.29, 0.717) is 11.6 Å². The molecule has 30 heavy (non-hydrogen) atoms. The van der Waals surface area contributed by atoms with Crippen LogP contribution in [0, 0.1) is 0 Å². The molecule has 0 unspecified atom stereocenters. The number of halogens is 3. The fourth-order valence-corrected chi connectivity index (χ4v) is 4.32.